The largest absolute Gasteiger partial charge is 0.257 e. The molecule has 0 fully saturated rings. The van der Waals surface area contributed by atoms with Crippen LogP contribution in [-0.4, -0.2) is 30.6 Å². The lowest BCUT2D eigenvalue weighted by Crippen LogP contribution is -2.08. The molecule has 2 rings (SSSR count). The summed E-state index contributed by atoms with van der Waals surface area (Å²) < 4.78 is 25.2. The number of sulfonamides is 1. The summed E-state index contributed by atoms with van der Waals surface area (Å²) in [7, 11) is -3.28. The molecule has 0 saturated carbocycles. The average molecular weight is 329 g/mol. The molecule has 0 spiro atoms. The number of benzene rings is 1. The van der Waals surface area contributed by atoms with Gasteiger partial charge in [-0.3, -0.25) is 4.72 Å². The summed E-state index contributed by atoms with van der Waals surface area (Å²) in [4.78, 5) is 0. The molecule has 0 aliphatic rings. The SMILES string of the molecule is CS(=O)(=O)Nc1nnc(SCCCc2ccccc2)s1. The molecule has 2 aromatic rings. The second-order valence-electron chi connectivity index (χ2n) is 4.18. The third-order valence-electron chi connectivity index (χ3n) is 2.36. The second kappa shape index (κ2) is 7.05. The molecule has 5 nitrogen and oxygen atoms in total. The summed E-state index contributed by atoms with van der Waals surface area (Å²) >= 11 is 2.85. The molecule has 20 heavy (non-hydrogen) atoms. The van der Waals surface area contributed by atoms with Gasteiger partial charge in [-0.1, -0.05) is 53.4 Å². The Kier molecular flexibility index (Phi) is 5.38. The monoisotopic (exact) mass is 329 g/mol. The zero-order valence-electron chi connectivity index (χ0n) is 10.9. The van der Waals surface area contributed by atoms with E-state index in [0.29, 0.717) is 5.13 Å². The van der Waals surface area contributed by atoms with Gasteiger partial charge in [-0.05, 0) is 18.4 Å². The standard InChI is InChI=1S/C12H15N3O2S3/c1-20(16,17)15-11-13-14-12(19-11)18-9-5-8-10-6-3-2-4-7-10/h2-4,6-7H,5,8-9H2,1H3,(H,13,15). The van der Waals surface area contributed by atoms with E-state index in [-0.39, 0.29) is 0 Å². The lowest BCUT2D eigenvalue weighted by molar-refractivity contribution is 0.606. The first kappa shape index (κ1) is 15.3. The fourth-order valence-electron chi connectivity index (χ4n) is 1.55. The van der Waals surface area contributed by atoms with Crippen LogP contribution in [0.1, 0.15) is 12.0 Å². The first-order valence-electron chi connectivity index (χ1n) is 6.01. The highest BCUT2D eigenvalue weighted by molar-refractivity contribution is 8.01. The Morgan fingerprint density at radius 1 is 1.25 bits per heavy atom. The van der Waals surface area contributed by atoms with Crippen LogP contribution >= 0.6 is 23.1 Å². The van der Waals surface area contributed by atoms with E-state index < -0.39 is 10.0 Å². The van der Waals surface area contributed by atoms with Crippen LogP contribution in [0.2, 0.25) is 0 Å². The van der Waals surface area contributed by atoms with Crippen molar-refractivity contribution in [2.45, 2.75) is 17.2 Å². The molecule has 0 atom stereocenters. The fourth-order valence-corrected chi connectivity index (χ4v) is 4.14. The molecule has 8 heteroatoms. The van der Waals surface area contributed by atoms with Gasteiger partial charge in [0.15, 0.2) is 4.34 Å². The van der Waals surface area contributed by atoms with Gasteiger partial charge in [0, 0.05) is 5.75 Å². The van der Waals surface area contributed by atoms with Crippen LogP contribution in [0.3, 0.4) is 0 Å². The van der Waals surface area contributed by atoms with Gasteiger partial charge in [-0.15, -0.1) is 10.2 Å². The van der Waals surface area contributed by atoms with Crippen LogP contribution in [0.15, 0.2) is 34.7 Å². The van der Waals surface area contributed by atoms with E-state index >= 15 is 0 Å². The van der Waals surface area contributed by atoms with Crippen molar-refractivity contribution in [3.63, 3.8) is 0 Å². The van der Waals surface area contributed by atoms with E-state index in [1.807, 2.05) is 18.2 Å². The maximum Gasteiger partial charge on any atom is 0.231 e. The van der Waals surface area contributed by atoms with Crippen LogP contribution in [0.25, 0.3) is 0 Å². The molecule has 0 unspecified atom stereocenters. The number of aromatic nitrogens is 2. The lowest BCUT2D eigenvalue weighted by atomic mass is 10.1. The molecule has 0 saturated heterocycles. The molecule has 0 radical (unpaired) electrons. The quantitative estimate of drug-likeness (QED) is 0.624. The Balaban J connectivity index is 1.75. The van der Waals surface area contributed by atoms with Crippen LogP contribution in [0.5, 0.6) is 0 Å². The highest BCUT2D eigenvalue weighted by Crippen LogP contribution is 2.26. The molecule has 0 amide bonds. The third-order valence-corrected chi connectivity index (χ3v) is 5.11. The zero-order valence-corrected chi connectivity index (χ0v) is 13.4. The van der Waals surface area contributed by atoms with Gasteiger partial charge in [0.05, 0.1) is 6.26 Å². The van der Waals surface area contributed by atoms with E-state index in [1.54, 1.807) is 11.8 Å². The van der Waals surface area contributed by atoms with Crippen molar-refractivity contribution in [2.24, 2.45) is 0 Å². The van der Waals surface area contributed by atoms with Gasteiger partial charge in [0.25, 0.3) is 0 Å². The number of nitrogens with one attached hydrogen (secondary N) is 1. The Bertz CT molecular complexity index is 641. The topological polar surface area (TPSA) is 72.0 Å². The van der Waals surface area contributed by atoms with Crippen LogP contribution in [0, 0.1) is 0 Å². The van der Waals surface area contributed by atoms with E-state index in [9.17, 15) is 8.42 Å². The Hall–Kier alpha value is -1.12. The molecule has 1 aromatic heterocycles. The third kappa shape index (κ3) is 5.48. The van der Waals surface area contributed by atoms with Crippen molar-refractivity contribution in [2.75, 3.05) is 16.7 Å². The van der Waals surface area contributed by atoms with Crippen molar-refractivity contribution in [1.82, 2.24) is 10.2 Å². The molecule has 0 aliphatic heterocycles. The highest BCUT2D eigenvalue weighted by atomic mass is 32.2. The van der Waals surface area contributed by atoms with Crippen LogP contribution in [0.4, 0.5) is 5.13 Å². The Morgan fingerprint density at radius 3 is 2.70 bits per heavy atom. The Labute approximate surface area is 126 Å². The number of rotatable bonds is 7. The summed E-state index contributed by atoms with van der Waals surface area (Å²) in [6.45, 7) is 0. The minimum atomic E-state index is -3.28. The van der Waals surface area contributed by atoms with Gasteiger partial charge in [-0.25, -0.2) is 8.42 Å². The van der Waals surface area contributed by atoms with Crippen molar-refractivity contribution >= 4 is 38.3 Å². The molecule has 0 aliphatic carbocycles. The van der Waals surface area contributed by atoms with Gasteiger partial charge < -0.3 is 0 Å². The maximum atomic E-state index is 11.0. The summed E-state index contributed by atoms with van der Waals surface area (Å²) in [5.74, 6) is 0.933. The van der Waals surface area contributed by atoms with Crippen molar-refractivity contribution in [1.29, 1.82) is 0 Å². The first-order valence-corrected chi connectivity index (χ1v) is 9.70. The highest BCUT2D eigenvalue weighted by Gasteiger charge is 2.08. The maximum absolute atomic E-state index is 11.0. The van der Waals surface area contributed by atoms with Gasteiger partial charge >= 0.3 is 0 Å². The smallest absolute Gasteiger partial charge is 0.231 e. The molecule has 1 heterocycles. The zero-order chi connectivity index (χ0) is 14.4. The van der Waals surface area contributed by atoms with Gasteiger partial charge in [0.2, 0.25) is 15.2 Å². The first-order chi connectivity index (χ1) is 9.53. The van der Waals surface area contributed by atoms with Crippen molar-refractivity contribution in [3.8, 4) is 0 Å². The number of aryl methyl sites for hydroxylation is 1. The van der Waals surface area contributed by atoms with Crippen molar-refractivity contribution in [3.05, 3.63) is 35.9 Å². The van der Waals surface area contributed by atoms with E-state index in [4.69, 9.17) is 0 Å². The summed E-state index contributed by atoms with van der Waals surface area (Å²) in [6.07, 6.45) is 3.17. The molecule has 0 bridgehead atoms. The summed E-state index contributed by atoms with van der Waals surface area (Å²) in [6, 6.07) is 10.3. The summed E-state index contributed by atoms with van der Waals surface area (Å²) in [5, 5.41) is 8.06. The Morgan fingerprint density at radius 2 is 2.00 bits per heavy atom. The second-order valence-corrected chi connectivity index (χ2v) is 8.25. The van der Waals surface area contributed by atoms with Crippen LogP contribution in [-0.2, 0) is 16.4 Å². The number of hydrogen-bond donors (Lipinski definition) is 1. The molecule has 1 aromatic carbocycles. The minimum Gasteiger partial charge on any atom is -0.257 e. The van der Waals surface area contributed by atoms with E-state index in [2.05, 4.69) is 27.1 Å². The summed E-state index contributed by atoms with van der Waals surface area (Å²) in [5.41, 5.74) is 1.32. The van der Waals surface area contributed by atoms with Crippen LogP contribution < -0.4 is 4.72 Å². The normalized spacial score (nSPS) is 11.4. The van der Waals surface area contributed by atoms with E-state index in [0.717, 1.165) is 29.2 Å². The predicted octanol–water partition coefficient (Wildman–Crippen LogP) is 2.63. The number of thioether (sulfide) groups is 1. The average Bonchev–Trinajstić information content (AvgIpc) is 2.81. The van der Waals surface area contributed by atoms with Gasteiger partial charge in [-0.2, -0.15) is 0 Å². The van der Waals surface area contributed by atoms with Crippen molar-refractivity contribution < 1.29 is 8.42 Å². The molecule has 1 N–H and O–H groups in total. The number of nitrogens with zero attached hydrogens (tertiary/aromatic N) is 2. The number of hydrogen-bond acceptors (Lipinski definition) is 6. The fraction of sp³-hybridized carbons (Fsp3) is 0.333. The lowest BCUT2D eigenvalue weighted by Gasteiger charge is -1.99. The number of anilines is 1. The minimum absolute atomic E-state index is 0.318. The molecular weight excluding hydrogens is 314 g/mol. The van der Waals surface area contributed by atoms with E-state index in [1.165, 1.54) is 16.9 Å². The molecule has 108 valence electrons. The predicted molar refractivity (Wildman–Crippen MR) is 83.9 cm³/mol. The molecular formula is C12H15N3O2S3. The van der Waals surface area contributed by atoms with Gasteiger partial charge in [0.1, 0.15) is 0 Å².